The summed E-state index contributed by atoms with van der Waals surface area (Å²) in [6.45, 7) is -0.510. The molecule has 0 bridgehead atoms. The molecule has 5 N–H and O–H groups in total. The van der Waals surface area contributed by atoms with Gasteiger partial charge in [0.2, 0.25) is 0 Å². The average molecular weight is 218 g/mol. The lowest BCUT2D eigenvalue weighted by Gasteiger charge is -2.16. The molecule has 5 heteroatoms. The Balaban J connectivity index is 2.91. The lowest BCUT2D eigenvalue weighted by atomic mass is 10.0. The molecule has 0 spiro atoms. The molecule has 2 unspecified atom stereocenters. The van der Waals surface area contributed by atoms with Crippen molar-refractivity contribution < 1.29 is 15.3 Å². The van der Waals surface area contributed by atoms with Crippen LogP contribution in [0.1, 0.15) is 11.7 Å². The monoisotopic (exact) mass is 217 g/mol. The molecule has 14 heavy (non-hydrogen) atoms. The van der Waals surface area contributed by atoms with Crippen LogP contribution < -0.4 is 5.73 Å². The van der Waals surface area contributed by atoms with Crippen LogP contribution in [0.5, 0.6) is 0 Å². The van der Waals surface area contributed by atoms with E-state index in [2.05, 4.69) is 0 Å². The molecule has 0 fully saturated rings. The van der Waals surface area contributed by atoms with Gasteiger partial charge in [-0.25, -0.2) is 0 Å². The molecule has 1 rings (SSSR count). The summed E-state index contributed by atoms with van der Waals surface area (Å²) in [6.07, 6.45) is -2.37. The second-order valence-corrected chi connectivity index (χ2v) is 3.38. The van der Waals surface area contributed by atoms with Crippen molar-refractivity contribution in [1.82, 2.24) is 0 Å². The number of aliphatic hydroxyl groups excluding tert-OH is 3. The lowest BCUT2D eigenvalue weighted by Crippen LogP contribution is -2.22. The number of rotatable bonds is 3. The maximum atomic E-state index is 9.50. The summed E-state index contributed by atoms with van der Waals surface area (Å²) in [6, 6.07) is 4.54. The molecule has 0 radical (unpaired) electrons. The van der Waals surface area contributed by atoms with Crippen LogP contribution in [0.3, 0.4) is 0 Å². The Morgan fingerprint density at radius 3 is 2.50 bits per heavy atom. The normalized spacial score (nSPS) is 15.1. The van der Waals surface area contributed by atoms with Crippen LogP contribution in [0.2, 0.25) is 5.02 Å². The van der Waals surface area contributed by atoms with Crippen molar-refractivity contribution in [2.24, 2.45) is 0 Å². The molecule has 0 aliphatic rings. The van der Waals surface area contributed by atoms with Gasteiger partial charge in [0, 0.05) is 0 Å². The summed E-state index contributed by atoms with van der Waals surface area (Å²) in [5.41, 5.74) is 6.26. The quantitative estimate of drug-likeness (QED) is 0.549. The molecular weight excluding hydrogens is 206 g/mol. The molecule has 0 heterocycles. The molecule has 0 saturated carbocycles. The van der Waals surface area contributed by atoms with E-state index in [9.17, 15) is 5.11 Å². The molecule has 1 aromatic rings. The van der Waals surface area contributed by atoms with Crippen LogP contribution in [0.4, 0.5) is 5.69 Å². The van der Waals surface area contributed by atoms with Gasteiger partial charge in [-0.15, -0.1) is 0 Å². The second kappa shape index (κ2) is 4.61. The van der Waals surface area contributed by atoms with E-state index in [0.717, 1.165) is 0 Å². The van der Waals surface area contributed by atoms with Gasteiger partial charge in [-0.2, -0.15) is 0 Å². The molecule has 0 aliphatic heterocycles. The zero-order valence-electron chi connectivity index (χ0n) is 7.39. The van der Waals surface area contributed by atoms with Gasteiger partial charge in [0.1, 0.15) is 12.2 Å². The van der Waals surface area contributed by atoms with E-state index in [0.29, 0.717) is 16.3 Å². The van der Waals surface area contributed by atoms with Crippen molar-refractivity contribution in [3.05, 3.63) is 28.8 Å². The van der Waals surface area contributed by atoms with Crippen LogP contribution in [0.15, 0.2) is 18.2 Å². The fourth-order valence-electron chi connectivity index (χ4n) is 1.07. The fraction of sp³-hybridized carbons (Fsp3) is 0.333. The van der Waals surface area contributed by atoms with E-state index in [1.807, 2.05) is 0 Å². The molecule has 0 aliphatic carbocycles. The van der Waals surface area contributed by atoms with Crippen molar-refractivity contribution in [2.45, 2.75) is 12.2 Å². The molecule has 1 aromatic carbocycles. The van der Waals surface area contributed by atoms with Gasteiger partial charge in [0.15, 0.2) is 0 Å². The first-order valence-electron chi connectivity index (χ1n) is 4.08. The Hall–Kier alpha value is -0.810. The number of hydrogen-bond donors (Lipinski definition) is 4. The van der Waals surface area contributed by atoms with E-state index in [4.69, 9.17) is 27.5 Å². The molecule has 4 nitrogen and oxygen atoms in total. The van der Waals surface area contributed by atoms with Crippen molar-refractivity contribution in [3.8, 4) is 0 Å². The summed E-state index contributed by atoms with van der Waals surface area (Å²) in [7, 11) is 0. The Labute approximate surface area is 86.6 Å². The zero-order chi connectivity index (χ0) is 10.7. The van der Waals surface area contributed by atoms with Crippen LogP contribution in [-0.4, -0.2) is 28.0 Å². The Bertz CT molecular complexity index is 319. The molecule has 78 valence electrons. The van der Waals surface area contributed by atoms with E-state index in [-0.39, 0.29) is 0 Å². The maximum absolute atomic E-state index is 9.50. The summed E-state index contributed by atoms with van der Waals surface area (Å²) >= 11 is 5.68. The minimum atomic E-state index is -1.21. The van der Waals surface area contributed by atoms with E-state index < -0.39 is 18.8 Å². The average Bonchev–Trinajstić information content (AvgIpc) is 2.20. The van der Waals surface area contributed by atoms with Crippen molar-refractivity contribution in [3.63, 3.8) is 0 Å². The summed E-state index contributed by atoms with van der Waals surface area (Å²) < 4.78 is 0. The molecule has 0 aromatic heterocycles. The van der Waals surface area contributed by atoms with Crippen LogP contribution >= 0.6 is 11.6 Å². The van der Waals surface area contributed by atoms with Gasteiger partial charge in [0.05, 0.1) is 17.3 Å². The van der Waals surface area contributed by atoms with Gasteiger partial charge in [-0.3, -0.25) is 0 Å². The van der Waals surface area contributed by atoms with Crippen molar-refractivity contribution in [2.75, 3.05) is 12.3 Å². The van der Waals surface area contributed by atoms with Gasteiger partial charge in [-0.05, 0) is 17.7 Å². The topological polar surface area (TPSA) is 86.7 Å². The highest BCUT2D eigenvalue weighted by molar-refractivity contribution is 6.33. The first kappa shape index (κ1) is 11.3. The highest BCUT2D eigenvalue weighted by Gasteiger charge is 2.17. The fourth-order valence-corrected chi connectivity index (χ4v) is 1.19. The summed E-state index contributed by atoms with van der Waals surface area (Å²) in [5.74, 6) is 0. The Kier molecular flexibility index (Phi) is 3.71. The van der Waals surface area contributed by atoms with Crippen LogP contribution in [-0.2, 0) is 0 Å². The zero-order valence-corrected chi connectivity index (χ0v) is 8.15. The standard InChI is InChI=1S/C9H12ClNO3/c10-6-2-1-5(3-7(6)11)9(14)8(13)4-12/h1-3,8-9,12-14H,4,11H2. The van der Waals surface area contributed by atoms with Gasteiger partial charge >= 0.3 is 0 Å². The van der Waals surface area contributed by atoms with Crippen LogP contribution in [0, 0.1) is 0 Å². The third-order valence-corrected chi connectivity index (χ3v) is 2.26. The number of aliphatic hydroxyl groups is 3. The number of hydrogen-bond acceptors (Lipinski definition) is 4. The summed E-state index contributed by atoms with van der Waals surface area (Å²) in [4.78, 5) is 0. The Morgan fingerprint density at radius 1 is 1.36 bits per heavy atom. The summed E-state index contributed by atoms with van der Waals surface area (Å²) in [5, 5.41) is 27.7. The van der Waals surface area contributed by atoms with Crippen molar-refractivity contribution in [1.29, 1.82) is 0 Å². The smallest absolute Gasteiger partial charge is 0.107 e. The van der Waals surface area contributed by atoms with E-state index in [1.54, 1.807) is 6.07 Å². The molecule has 0 saturated heterocycles. The first-order chi connectivity index (χ1) is 6.56. The van der Waals surface area contributed by atoms with Gasteiger partial charge < -0.3 is 21.1 Å². The highest BCUT2D eigenvalue weighted by Crippen LogP contribution is 2.24. The molecular formula is C9H12ClNO3. The van der Waals surface area contributed by atoms with Crippen LogP contribution in [0.25, 0.3) is 0 Å². The van der Waals surface area contributed by atoms with E-state index in [1.165, 1.54) is 12.1 Å². The number of benzene rings is 1. The first-order valence-corrected chi connectivity index (χ1v) is 4.46. The lowest BCUT2D eigenvalue weighted by molar-refractivity contribution is -0.0152. The SMILES string of the molecule is Nc1cc(C(O)C(O)CO)ccc1Cl. The Morgan fingerprint density at radius 2 is 2.00 bits per heavy atom. The minimum Gasteiger partial charge on any atom is -0.398 e. The van der Waals surface area contributed by atoms with Gasteiger partial charge in [-0.1, -0.05) is 17.7 Å². The largest absolute Gasteiger partial charge is 0.398 e. The number of anilines is 1. The predicted molar refractivity (Wildman–Crippen MR) is 53.9 cm³/mol. The number of nitrogens with two attached hydrogens (primary N) is 1. The number of halogens is 1. The van der Waals surface area contributed by atoms with Crippen molar-refractivity contribution >= 4 is 17.3 Å². The second-order valence-electron chi connectivity index (χ2n) is 2.98. The third-order valence-electron chi connectivity index (χ3n) is 1.91. The molecule has 0 amide bonds. The third kappa shape index (κ3) is 2.36. The molecule has 2 atom stereocenters. The highest BCUT2D eigenvalue weighted by atomic mass is 35.5. The predicted octanol–water partition coefficient (Wildman–Crippen LogP) is 0.309. The minimum absolute atomic E-state index is 0.327. The van der Waals surface area contributed by atoms with Gasteiger partial charge in [0.25, 0.3) is 0 Å². The number of nitrogen functional groups attached to an aromatic ring is 1. The van der Waals surface area contributed by atoms with E-state index >= 15 is 0 Å². The maximum Gasteiger partial charge on any atom is 0.107 e.